The van der Waals surface area contributed by atoms with Gasteiger partial charge in [-0.25, -0.2) is 0 Å². The predicted octanol–water partition coefficient (Wildman–Crippen LogP) is 6.02. The van der Waals surface area contributed by atoms with Crippen LogP contribution in [0.15, 0.2) is 11.6 Å². The number of rotatable bonds is 3. The topological polar surface area (TPSA) is 69.9 Å². The Balaban J connectivity index is 1.61. The summed E-state index contributed by atoms with van der Waals surface area (Å²) in [4.78, 5) is 0. The van der Waals surface area contributed by atoms with Gasteiger partial charge in [-0.15, -0.1) is 0 Å². The number of hydrogen-bond acceptors (Lipinski definition) is 4. The van der Waals surface area contributed by atoms with E-state index in [4.69, 9.17) is 4.74 Å². The molecule has 0 aromatic carbocycles. The summed E-state index contributed by atoms with van der Waals surface area (Å²) in [6.45, 7) is 17.4. The van der Waals surface area contributed by atoms with Gasteiger partial charge in [0, 0.05) is 0 Å². The highest BCUT2D eigenvalue weighted by atomic mass is 16.5. The fraction of sp³-hybridized carbons (Fsp3) is 0.933. The van der Waals surface area contributed by atoms with Crippen LogP contribution < -0.4 is 0 Å². The van der Waals surface area contributed by atoms with E-state index in [1.165, 1.54) is 5.57 Å². The Hall–Kier alpha value is -0.420. The van der Waals surface area contributed by atoms with Crippen LogP contribution in [0, 0.1) is 34.5 Å². The molecule has 1 saturated heterocycles. The third kappa shape index (κ3) is 4.33. The van der Waals surface area contributed by atoms with E-state index in [0.717, 1.165) is 51.4 Å². The van der Waals surface area contributed by atoms with Crippen LogP contribution in [-0.2, 0) is 4.74 Å². The number of hydrogen-bond donors (Lipinski definition) is 3. The molecule has 4 heteroatoms. The van der Waals surface area contributed by atoms with Gasteiger partial charge in [-0.05, 0) is 127 Å². The minimum absolute atomic E-state index is 0.0257. The highest BCUT2D eigenvalue weighted by Gasteiger charge is 2.58. The van der Waals surface area contributed by atoms with Crippen molar-refractivity contribution < 1.29 is 20.1 Å². The van der Waals surface area contributed by atoms with E-state index in [-0.39, 0.29) is 28.8 Å². The molecule has 1 aliphatic heterocycles. The third-order valence-electron chi connectivity index (χ3n) is 11.5. The fourth-order valence-corrected chi connectivity index (χ4v) is 9.17. The van der Waals surface area contributed by atoms with Gasteiger partial charge in [0.15, 0.2) is 0 Å². The first kappa shape index (κ1) is 26.6. The summed E-state index contributed by atoms with van der Waals surface area (Å²) < 4.78 is 6.59. The molecule has 3 N–H and O–H groups in total. The van der Waals surface area contributed by atoms with E-state index in [1.54, 1.807) is 0 Å². The molecule has 9 atom stereocenters. The van der Waals surface area contributed by atoms with Crippen molar-refractivity contribution in [2.75, 3.05) is 0 Å². The molecular weight excluding hydrogens is 424 g/mol. The van der Waals surface area contributed by atoms with Crippen LogP contribution in [0.5, 0.6) is 0 Å². The Kier molecular flexibility index (Phi) is 6.71. The quantitative estimate of drug-likeness (QED) is 0.436. The molecule has 2 saturated carbocycles. The maximum Gasteiger partial charge on any atom is 0.0888 e. The van der Waals surface area contributed by atoms with E-state index in [9.17, 15) is 15.3 Å². The molecule has 196 valence electrons. The SMILES string of the molecule is CC1=CC[C@@H]2[C@H]1CC[C@](C)(O)[C@H](CC[C@H]1[C@@](C)(O)CCC3OC(C)(C)[C@H](O)CC[C@@]31C)C2(C)C. The average molecular weight is 477 g/mol. The highest BCUT2D eigenvalue weighted by Crippen LogP contribution is 2.59. The van der Waals surface area contributed by atoms with E-state index in [2.05, 4.69) is 40.7 Å². The smallest absolute Gasteiger partial charge is 0.0888 e. The van der Waals surface area contributed by atoms with Crippen LogP contribution in [0.4, 0.5) is 0 Å². The van der Waals surface area contributed by atoms with E-state index >= 15 is 0 Å². The minimum atomic E-state index is -0.761. The van der Waals surface area contributed by atoms with Crippen LogP contribution in [0.25, 0.3) is 0 Å². The van der Waals surface area contributed by atoms with Gasteiger partial charge in [-0.1, -0.05) is 32.4 Å². The Labute approximate surface area is 208 Å². The molecule has 3 fully saturated rings. The molecule has 4 aliphatic rings. The maximum atomic E-state index is 11.8. The molecular formula is C30H52O4. The van der Waals surface area contributed by atoms with Crippen molar-refractivity contribution in [2.24, 2.45) is 34.5 Å². The number of ether oxygens (including phenoxy) is 1. The third-order valence-corrected chi connectivity index (χ3v) is 11.5. The van der Waals surface area contributed by atoms with Crippen LogP contribution in [0.3, 0.4) is 0 Å². The zero-order chi connectivity index (χ0) is 25.3. The summed E-state index contributed by atoms with van der Waals surface area (Å²) in [5.41, 5.74) is -0.679. The second-order valence-electron chi connectivity index (χ2n) is 14.5. The summed E-state index contributed by atoms with van der Waals surface area (Å²) in [5, 5.41) is 34.2. The molecule has 0 aromatic heterocycles. The zero-order valence-corrected chi connectivity index (χ0v) is 23.2. The fourth-order valence-electron chi connectivity index (χ4n) is 9.17. The molecule has 34 heavy (non-hydrogen) atoms. The zero-order valence-electron chi connectivity index (χ0n) is 23.2. The number of fused-ring (bicyclic) bond motifs is 2. The van der Waals surface area contributed by atoms with Crippen molar-refractivity contribution in [3.63, 3.8) is 0 Å². The molecule has 0 bridgehead atoms. The molecule has 0 radical (unpaired) electrons. The van der Waals surface area contributed by atoms with Crippen molar-refractivity contribution in [1.29, 1.82) is 0 Å². The molecule has 4 nitrogen and oxygen atoms in total. The van der Waals surface area contributed by atoms with Crippen LogP contribution in [0.2, 0.25) is 0 Å². The molecule has 0 aromatic rings. The van der Waals surface area contributed by atoms with Gasteiger partial charge in [0.25, 0.3) is 0 Å². The molecule has 3 aliphatic carbocycles. The molecule has 0 amide bonds. The lowest BCUT2D eigenvalue weighted by Gasteiger charge is -2.55. The van der Waals surface area contributed by atoms with Crippen molar-refractivity contribution in [2.45, 2.75) is 142 Å². The predicted molar refractivity (Wildman–Crippen MR) is 137 cm³/mol. The van der Waals surface area contributed by atoms with Gasteiger partial charge in [-0.2, -0.15) is 0 Å². The van der Waals surface area contributed by atoms with E-state index < -0.39 is 22.9 Å². The van der Waals surface area contributed by atoms with Crippen molar-refractivity contribution in [3.8, 4) is 0 Å². The number of aliphatic hydroxyl groups excluding tert-OH is 1. The van der Waals surface area contributed by atoms with Gasteiger partial charge >= 0.3 is 0 Å². The van der Waals surface area contributed by atoms with Crippen LogP contribution >= 0.6 is 0 Å². The lowest BCUT2D eigenvalue weighted by molar-refractivity contribution is -0.207. The Morgan fingerprint density at radius 2 is 1.44 bits per heavy atom. The molecule has 1 heterocycles. The number of aliphatic hydroxyl groups is 3. The van der Waals surface area contributed by atoms with Gasteiger partial charge in [0.1, 0.15) is 0 Å². The first-order valence-electron chi connectivity index (χ1n) is 14.0. The second-order valence-corrected chi connectivity index (χ2v) is 14.5. The summed E-state index contributed by atoms with van der Waals surface area (Å²) in [7, 11) is 0. The Morgan fingerprint density at radius 1 is 0.853 bits per heavy atom. The normalized spacial score (nSPS) is 50.5. The van der Waals surface area contributed by atoms with Crippen molar-refractivity contribution >= 4 is 0 Å². The van der Waals surface area contributed by atoms with Crippen molar-refractivity contribution in [3.05, 3.63) is 11.6 Å². The van der Waals surface area contributed by atoms with Crippen LogP contribution in [0.1, 0.15) is 113 Å². The Morgan fingerprint density at radius 3 is 2.12 bits per heavy atom. The molecule has 1 unspecified atom stereocenters. The second kappa shape index (κ2) is 8.57. The summed E-state index contributed by atoms with van der Waals surface area (Å²) in [5.74, 6) is 1.43. The van der Waals surface area contributed by atoms with Crippen molar-refractivity contribution in [1.82, 2.24) is 0 Å². The van der Waals surface area contributed by atoms with Gasteiger partial charge in [0.2, 0.25) is 0 Å². The largest absolute Gasteiger partial charge is 0.390 e. The molecule has 4 rings (SSSR count). The average Bonchev–Trinajstić information content (AvgIpc) is 3.03. The first-order valence-corrected chi connectivity index (χ1v) is 14.0. The van der Waals surface area contributed by atoms with E-state index in [0.29, 0.717) is 18.3 Å². The van der Waals surface area contributed by atoms with E-state index in [1.807, 2.05) is 20.8 Å². The summed E-state index contributed by atoms with van der Waals surface area (Å²) in [6, 6.07) is 0. The lowest BCUT2D eigenvalue weighted by atomic mass is 9.54. The van der Waals surface area contributed by atoms with Gasteiger partial charge in [0.05, 0.1) is 29.0 Å². The minimum Gasteiger partial charge on any atom is -0.390 e. The molecule has 0 spiro atoms. The summed E-state index contributed by atoms with van der Waals surface area (Å²) >= 11 is 0. The van der Waals surface area contributed by atoms with Crippen LogP contribution in [-0.4, -0.2) is 44.3 Å². The summed E-state index contributed by atoms with van der Waals surface area (Å²) in [6.07, 6.45) is 9.94. The van der Waals surface area contributed by atoms with Gasteiger partial charge in [-0.3, -0.25) is 0 Å². The highest BCUT2D eigenvalue weighted by molar-refractivity contribution is 5.18. The Bertz CT molecular complexity index is 794. The standard InChI is InChI=1S/C30H52O4/c1-19-9-10-21-20(19)13-17-29(7,32)22(26(21,2)3)11-12-23-28(6)16-14-24(31)27(4,5)34-25(28)15-18-30(23,8)33/h9,20-25,31-33H,10-18H2,1-8H3/t20-,21+,22+,23+,24+,25?,28+,29-,30-/m0/s1. The number of allylic oxidation sites excluding steroid dienone is 2. The first-order chi connectivity index (χ1) is 15.5. The van der Waals surface area contributed by atoms with Gasteiger partial charge < -0.3 is 20.1 Å². The monoisotopic (exact) mass is 476 g/mol. The maximum absolute atomic E-state index is 11.8. The lowest BCUT2D eigenvalue weighted by Crippen LogP contribution is -2.56.